The zero-order valence-electron chi connectivity index (χ0n) is 17.0. The Bertz CT molecular complexity index is 1010. The Labute approximate surface area is 170 Å². The number of nitrogens with zero attached hydrogens (tertiary/aromatic N) is 2. The predicted molar refractivity (Wildman–Crippen MR) is 114 cm³/mol. The van der Waals surface area contributed by atoms with Crippen molar-refractivity contribution in [3.63, 3.8) is 0 Å². The minimum atomic E-state index is -0.198. The fourth-order valence-corrected chi connectivity index (χ4v) is 3.12. The monoisotopic (exact) mass is 390 g/mol. The molecule has 3 aromatic rings. The van der Waals surface area contributed by atoms with Crippen molar-refractivity contribution in [3.8, 4) is 0 Å². The molecule has 0 saturated carbocycles. The van der Waals surface area contributed by atoms with Gasteiger partial charge in [0, 0.05) is 35.6 Å². The molecule has 2 N–H and O–H groups in total. The van der Waals surface area contributed by atoms with Crippen LogP contribution in [0.1, 0.15) is 44.1 Å². The second-order valence-corrected chi connectivity index (χ2v) is 7.11. The molecule has 0 aliphatic heterocycles. The lowest BCUT2D eigenvalue weighted by Crippen LogP contribution is -2.25. The van der Waals surface area contributed by atoms with Gasteiger partial charge in [0.1, 0.15) is 0 Å². The molecule has 0 saturated heterocycles. The molecule has 2 aromatic carbocycles. The molecule has 150 valence electrons. The van der Waals surface area contributed by atoms with Gasteiger partial charge < -0.3 is 10.6 Å². The molecule has 0 atom stereocenters. The summed E-state index contributed by atoms with van der Waals surface area (Å²) in [5.41, 5.74) is 4.74. The van der Waals surface area contributed by atoms with Crippen LogP contribution in [0.2, 0.25) is 0 Å². The Morgan fingerprint density at radius 3 is 2.38 bits per heavy atom. The second-order valence-electron chi connectivity index (χ2n) is 7.11. The minimum Gasteiger partial charge on any atom is -0.352 e. The molecule has 3 rings (SSSR count). The summed E-state index contributed by atoms with van der Waals surface area (Å²) >= 11 is 0. The molecule has 1 heterocycles. The smallest absolute Gasteiger partial charge is 0.255 e. The van der Waals surface area contributed by atoms with Gasteiger partial charge in [-0.25, -0.2) is 0 Å². The van der Waals surface area contributed by atoms with E-state index in [0.29, 0.717) is 23.4 Å². The van der Waals surface area contributed by atoms with Crippen LogP contribution in [0.5, 0.6) is 0 Å². The van der Waals surface area contributed by atoms with E-state index in [2.05, 4.69) is 15.7 Å². The number of carbonyl (C=O) groups is 2. The highest BCUT2D eigenvalue weighted by Gasteiger charge is 2.11. The molecule has 0 bridgehead atoms. The molecular weight excluding hydrogens is 364 g/mol. The molecule has 0 aliphatic carbocycles. The van der Waals surface area contributed by atoms with Crippen LogP contribution in [0.15, 0.2) is 54.6 Å². The molecule has 29 heavy (non-hydrogen) atoms. The van der Waals surface area contributed by atoms with Crippen molar-refractivity contribution in [1.82, 2.24) is 15.1 Å². The standard InChI is InChI=1S/C23H26N4O2/c1-16-10-11-20(15-21(16)25-23(29)19-8-5-4-6-9-19)22(28)24-12-7-13-27-18(3)14-17(2)26-27/h4-6,8-11,14-15H,7,12-13H2,1-3H3,(H,24,28)(H,25,29). The molecule has 0 radical (unpaired) electrons. The van der Waals surface area contributed by atoms with Crippen molar-refractivity contribution >= 4 is 17.5 Å². The Morgan fingerprint density at radius 1 is 0.931 bits per heavy atom. The lowest BCUT2D eigenvalue weighted by atomic mass is 10.1. The van der Waals surface area contributed by atoms with Gasteiger partial charge in [-0.3, -0.25) is 14.3 Å². The molecule has 6 nitrogen and oxygen atoms in total. The fourth-order valence-electron chi connectivity index (χ4n) is 3.12. The van der Waals surface area contributed by atoms with Gasteiger partial charge in [-0.15, -0.1) is 0 Å². The summed E-state index contributed by atoms with van der Waals surface area (Å²) in [5, 5.41) is 10.2. The van der Waals surface area contributed by atoms with Crippen LogP contribution in [0.4, 0.5) is 5.69 Å². The Balaban J connectivity index is 1.57. The van der Waals surface area contributed by atoms with E-state index in [0.717, 1.165) is 29.9 Å². The largest absolute Gasteiger partial charge is 0.352 e. The van der Waals surface area contributed by atoms with Crippen LogP contribution in [0, 0.1) is 20.8 Å². The van der Waals surface area contributed by atoms with E-state index in [-0.39, 0.29) is 11.8 Å². The minimum absolute atomic E-state index is 0.159. The number of aromatic nitrogens is 2. The van der Waals surface area contributed by atoms with Gasteiger partial charge in [-0.1, -0.05) is 24.3 Å². The molecule has 2 amide bonds. The molecule has 0 spiro atoms. The average Bonchev–Trinajstić information content (AvgIpc) is 3.04. The first kappa shape index (κ1) is 20.3. The molecule has 6 heteroatoms. The zero-order valence-corrected chi connectivity index (χ0v) is 17.0. The normalized spacial score (nSPS) is 10.6. The predicted octanol–water partition coefficient (Wildman–Crippen LogP) is 3.88. The third-order valence-corrected chi connectivity index (χ3v) is 4.72. The lowest BCUT2D eigenvalue weighted by molar-refractivity contribution is 0.0951. The van der Waals surface area contributed by atoms with E-state index in [9.17, 15) is 9.59 Å². The van der Waals surface area contributed by atoms with Gasteiger partial charge in [0.15, 0.2) is 0 Å². The number of aryl methyl sites for hydroxylation is 4. The Hall–Kier alpha value is -3.41. The van der Waals surface area contributed by atoms with Crippen molar-refractivity contribution in [1.29, 1.82) is 0 Å². The number of rotatable bonds is 7. The van der Waals surface area contributed by atoms with E-state index in [1.807, 2.05) is 55.8 Å². The fraction of sp³-hybridized carbons (Fsp3) is 0.261. The summed E-state index contributed by atoms with van der Waals surface area (Å²) in [7, 11) is 0. The van der Waals surface area contributed by atoms with Crippen molar-refractivity contribution in [2.24, 2.45) is 0 Å². The number of amides is 2. The number of anilines is 1. The van der Waals surface area contributed by atoms with E-state index in [1.54, 1.807) is 24.3 Å². The quantitative estimate of drug-likeness (QED) is 0.601. The number of benzene rings is 2. The number of hydrogen-bond acceptors (Lipinski definition) is 3. The molecule has 0 unspecified atom stereocenters. The van der Waals surface area contributed by atoms with E-state index in [4.69, 9.17) is 0 Å². The van der Waals surface area contributed by atoms with Crippen molar-refractivity contribution in [3.05, 3.63) is 82.7 Å². The zero-order chi connectivity index (χ0) is 20.8. The van der Waals surface area contributed by atoms with E-state index >= 15 is 0 Å². The first-order valence-corrected chi connectivity index (χ1v) is 9.70. The van der Waals surface area contributed by atoms with Crippen LogP contribution >= 0.6 is 0 Å². The van der Waals surface area contributed by atoms with Gasteiger partial charge in [0.2, 0.25) is 0 Å². The first-order chi connectivity index (χ1) is 13.9. The maximum atomic E-state index is 12.5. The maximum absolute atomic E-state index is 12.5. The Morgan fingerprint density at radius 2 is 1.69 bits per heavy atom. The van der Waals surface area contributed by atoms with Crippen LogP contribution in [0.3, 0.4) is 0 Å². The summed E-state index contributed by atoms with van der Waals surface area (Å²) in [6.07, 6.45) is 0.789. The summed E-state index contributed by atoms with van der Waals surface area (Å²) < 4.78 is 1.95. The second kappa shape index (κ2) is 9.19. The van der Waals surface area contributed by atoms with Gasteiger partial charge in [-0.05, 0) is 63.1 Å². The Kier molecular flexibility index (Phi) is 6.44. The highest BCUT2D eigenvalue weighted by Crippen LogP contribution is 2.18. The molecule has 1 aromatic heterocycles. The molecular formula is C23H26N4O2. The topological polar surface area (TPSA) is 76.0 Å². The third-order valence-electron chi connectivity index (χ3n) is 4.72. The van der Waals surface area contributed by atoms with E-state index in [1.165, 1.54) is 0 Å². The number of nitrogens with one attached hydrogen (secondary N) is 2. The van der Waals surface area contributed by atoms with Crippen LogP contribution in [0.25, 0.3) is 0 Å². The van der Waals surface area contributed by atoms with E-state index < -0.39 is 0 Å². The first-order valence-electron chi connectivity index (χ1n) is 9.70. The van der Waals surface area contributed by atoms with Crippen LogP contribution in [-0.2, 0) is 6.54 Å². The summed E-state index contributed by atoms with van der Waals surface area (Å²) in [6.45, 7) is 7.20. The number of carbonyl (C=O) groups excluding carboxylic acids is 2. The maximum Gasteiger partial charge on any atom is 0.255 e. The molecule has 0 fully saturated rings. The number of hydrogen-bond donors (Lipinski definition) is 2. The lowest BCUT2D eigenvalue weighted by Gasteiger charge is -2.11. The summed E-state index contributed by atoms with van der Waals surface area (Å²) in [6, 6.07) is 16.4. The van der Waals surface area contributed by atoms with Crippen molar-refractivity contribution in [2.75, 3.05) is 11.9 Å². The SMILES string of the molecule is Cc1cc(C)n(CCCNC(=O)c2ccc(C)c(NC(=O)c3ccccc3)c2)n1. The van der Waals surface area contributed by atoms with Crippen LogP contribution in [-0.4, -0.2) is 28.1 Å². The molecule has 0 aliphatic rings. The van der Waals surface area contributed by atoms with Gasteiger partial charge in [0.25, 0.3) is 11.8 Å². The summed E-state index contributed by atoms with van der Waals surface area (Å²) in [5.74, 6) is -0.357. The highest BCUT2D eigenvalue weighted by atomic mass is 16.2. The van der Waals surface area contributed by atoms with Gasteiger partial charge in [-0.2, -0.15) is 5.10 Å². The van der Waals surface area contributed by atoms with Crippen LogP contribution < -0.4 is 10.6 Å². The van der Waals surface area contributed by atoms with Crippen molar-refractivity contribution in [2.45, 2.75) is 33.7 Å². The van der Waals surface area contributed by atoms with Gasteiger partial charge in [0.05, 0.1) is 5.69 Å². The third kappa shape index (κ3) is 5.31. The summed E-state index contributed by atoms with van der Waals surface area (Å²) in [4.78, 5) is 24.9. The average molecular weight is 390 g/mol. The van der Waals surface area contributed by atoms with Crippen molar-refractivity contribution < 1.29 is 9.59 Å². The highest BCUT2D eigenvalue weighted by molar-refractivity contribution is 6.05. The van der Waals surface area contributed by atoms with Gasteiger partial charge >= 0.3 is 0 Å².